The molecule has 0 aromatic heterocycles. The molecule has 1 radical (unpaired) electrons. The van der Waals surface area contributed by atoms with Crippen LogP contribution in [0.25, 0.3) is 0 Å². The number of rotatable bonds is 0. The quantitative estimate of drug-likeness (QED) is 0.505. The molecule has 0 aromatic carbocycles. The van der Waals surface area contributed by atoms with Crippen molar-refractivity contribution in [2.75, 3.05) is 0 Å². The Morgan fingerprint density at radius 3 is 0.400 bits per heavy atom. The molecule has 0 fully saturated rings. The Labute approximate surface area is 85.6 Å². The fraction of sp³-hybridized carbons (Fsp3) is 0. The monoisotopic (exact) mass is 213 g/mol. The van der Waals surface area contributed by atoms with Crippen LogP contribution < -0.4 is 0 Å². The van der Waals surface area contributed by atoms with E-state index in [-0.39, 0.29) is 87.7 Å². The fourth-order valence-corrected chi connectivity index (χ4v) is 0. The largest absolute Gasteiger partial charge is 0.269 e. The van der Waals surface area contributed by atoms with Gasteiger partial charge in [0.2, 0.25) is 0 Å². The topological polar surface area (TPSA) is 0 Å². The summed E-state index contributed by atoms with van der Waals surface area (Å²) in [6, 6.07) is 0. The van der Waals surface area contributed by atoms with Crippen LogP contribution in [0.15, 0.2) is 0 Å². The smallest absolute Gasteiger partial charge is 0 e. The average Bonchev–Trinajstić information content (AvgIpc) is 0. The first kappa shape index (κ1) is 71.9. The summed E-state index contributed by atoms with van der Waals surface area (Å²) in [4.78, 5) is 0. The minimum atomic E-state index is 0. The molecule has 0 aliphatic carbocycles. The van der Waals surface area contributed by atoms with Gasteiger partial charge in [-0.05, 0) is 0 Å². The molecule has 0 heterocycles. The van der Waals surface area contributed by atoms with E-state index in [1.165, 1.54) is 0 Å². The second-order valence-corrected chi connectivity index (χ2v) is 0. The molecule has 5 heteroatoms. The molecule has 0 unspecified atom stereocenters. The predicted molar refractivity (Wildman–Crippen MR) is 15.8 cm³/mol. The molecule has 0 spiro atoms. The van der Waals surface area contributed by atoms with Gasteiger partial charge < -0.3 is 0 Å². The number of hydrogen-bond donors (Lipinski definition) is 0. The van der Waals surface area contributed by atoms with Crippen molar-refractivity contribution in [3.63, 3.8) is 0 Å². The molecule has 0 aliphatic heterocycles. The van der Waals surface area contributed by atoms with Crippen molar-refractivity contribution in [3.8, 4) is 0 Å². The van der Waals surface area contributed by atoms with Crippen LogP contribution in [0.3, 0.4) is 0 Å². The summed E-state index contributed by atoms with van der Waals surface area (Å²) in [5.41, 5.74) is 0. The average molecular weight is 213 g/mol. The Balaban J connectivity index is 0. The van der Waals surface area contributed by atoms with Crippen LogP contribution in [-0.4, -0.2) is 68.9 Å². The Morgan fingerprint density at radius 1 is 0.400 bits per heavy atom. The van der Waals surface area contributed by atoms with E-state index in [9.17, 15) is 0 Å². The maximum atomic E-state index is 0. The van der Waals surface area contributed by atoms with Gasteiger partial charge in [0, 0.05) is 68.9 Å². The van der Waals surface area contributed by atoms with Crippen LogP contribution in [0.1, 0.15) is 0 Å². The Kier molecular flexibility index (Phi) is 602. The first-order chi connectivity index (χ1) is 0. The molecule has 0 N–H and O–H groups in total. The van der Waals surface area contributed by atoms with Crippen molar-refractivity contribution in [2.45, 2.75) is 0 Å². The summed E-state index contributed by atoms with van der Waals surface area (Å²) in [5.74, 6) is 0. The van der Waals surface area contributed by atoms with Crippen molar-refractivity contribution in [1.29, 1.82) is 0 Å². The van der Waals surface area contributed by atoms with Gasteiger partial charge in [-0.2, -0.15) is 0 Å². The zero-order valence-corrected chi connectivity index (χ0v) is 8.91. The van der Waals surface area contributed by atoms with E-state index < -0.39 is 0 Å². The van der Waals surface area contributed by atoms with E-state index in [2.05, 4.69) is 0 Å². The van der Waals surface area contributed by atoms with Crippen molar-refractivity contribution in [2.24, 2.45) is 0 Å². The first-order valence-electron chi connectivity index (χ1n) is 0. The van der Waals surface area contributed by atoms with Gasteiger partial charge in [-0.25, -0.2) is 0 Å². The maximum absolute atomic E-state index is 0. The minimum absolute atomic E-state index is 0. The van der Waals surface area contributed by atoms with Crippen LogP contribution in [-0.2, 0) is 0 Å². The molecule has 5 heavy (non-hydrogen) atoms. The van der Waals surface area contributed by atoms with Crippen molar-refractivity contribution >= 4 is 68.9 Å². The zero-order valence-electron chi connectivity index (χ0n) is 2.63. The van der Waals surface area contributed by atoms with Crippen molar-refractivity contribution in [1.82, 2.24) is 0 Å². The summed E-state index contributed by atoms with van der Waals surface area (Å²) in [6.45, 7) is 0. The molecule has 0 aliphatic rings. The fourth-order valence-electron chi connectivity index (χ4n) is 0. The van der Waals surface area contributed by atoms with Gasteiger partial charge in [0.15, 0.2) is 0 Å². The molecule has 33 valence electrons. The predicted octanol–water partition coefficient (Wildman–Crippen LogP) is 0.229. The van der Waals surface area contributed by atoms with E-state index in [4.69, 9.17) is 0 Å². The van der Waals surface area contributed by atoms with Gasteiger partial charge in [-0.3, -0.25) is 18.8 Å². The molecule has 0 bridgehead atoms. The van der Waals surface area contributed by atoms with Crippen LogP contribution >= 0.6 is 0 Å². The molecular weight excluding hydrogens is 209 g/mol. The van der Waals surface area contributed by atoms with Crippen LogP contribution in [0, 0.1) is 0 Å². The van der Waals surface area contributed by atoms with Gasteiger partial charge >= 0.3 is 0 Å². The number of hydrogen-bond acceptors (Lipinski definition) is 0. The van der Waals surface area contributed by atoms with E-state index in [1.54, 1.807) is 0 Å². The molecule has 0 atom stereocenters. The number of halogens is 4. The third-order valence-corrected chi connectivity index (χ3v) is 0. The van der Waals surface area contributed by atoms with Crippen LogP contribution in [0.4, 0.5) is 18.8 Å². The van der Waals surface area contributed by atoms with Crippen LogP contribution in [0.5, 0.6) is 0 Å². The van der Waals surface area contributed by atoms with Crippen molar-refractivity contribution in [3.05, 3.63) is 0 Å². The summed E-state index contributed by atoms with van der Waals surface area (Å²) in [5, 5.41) is 0. The van der Waals surface area contributed by atoms with Crippen molar-refractivity contribution < 1.29 is 18.8 Å². The summed E-state index contributed by atoms with van der Waals surface area (Å²) >= 11 is 0. The second-order valence-electron chi connectivity index (χ2n) is 0. The second kappa shape index (κ2) is 41.9. The first-order valence-corrected chi connectivity index (χ1v) is 0. The zero-order chi connectivity index (χ0) is 0. The van der Waals surface area contributed by atoms with E-state index in [0.717, 1.165) is 0 Å². The maximum Gasteiger partial charge on any atom is 0 e. The van der Waals surface area contributed by atoms with Gasteiger partial charge in [-0.15, -0.1) is 0 Å². The van der Waals surface area contributed by atoms with E-state index >= 15 is 0 Å². The van der Waals surface area contributed by atoms with E-state index in [0.29, 0.717) is 0 Å². The third kappa shape index (κ3) is 26.2. The molecule has 0 rings (SSSR count). The molecule has 0 nitrogen and oxygen atoms in total. The molecule has 0 saturated carbocycles. The molecule has 0 saturated heterocycles. The standard InChI is InChI=1S/Cs.4FH/h;4*1H. The Bertz CT molecular complexity index is 3.61. The third-order valence-electron chi connectivity index (χ3n) is 0. The summed E-state index contributed by atoms with van der Waals surface area (Å²) in [6.07, 6.45) is 0. The normalized spacial score (nSPS) is 0. The van der Waals surface area contributed by atoms with Gasteiger partial charge in [0.25, 0.3) is 0 Å². The Hall–Kier alpha value is 1.77. The molecule has 0 amide bonds. The Morgan fingerprint density at radius 2 is 0.400 bits per heavy atom. The van der Waals surface area contributed by atoms with Gasteiger partial charge in [-0.1, -0.05) is 0 Å². The van der Waals surface area contributed by atoms with E-state index in [1.807, 2.05) is 0 Å². The summed E-state index contributed by atoms with van der Waals surface area (Å²) < 4.78 is 0. The van der Waals surface area contributed by atoms with Gasteiger partial charge in [0.05, 0.1) is 0 Å². The van der Waals surface area contributed by atoms with Crippen LogP contribution in [0.2, 0.25) is 0 Å². The minimum Gasteiger partial charge on any atom is -0.269 e. The van der Waals surface area contributed by atoms with Gasteiger partial charge in [0.1, 0.15) is 0 Å². The summed E-state index contributed by atoms with van der Waals surface area (Å²) in [7, 11) is 0. The molecule has 0 aromatic rings. The molecular formula is H4CsF4. The SMILES string of the molecule is F.F.F.F.[Cs].